The van der Waals surface area contributed by atoms with Crippen molar-refractivity contribution in [2.75, 3.05) is 13.2 Å². The zero-order valence-electron chi connectivity index (χ0n) is 16.0. The third-order valence-corrected chi connectivity index (χ3v) is 3.97. The van der Waals surface area contributed by atoms with Crippen LogP contribution in [0.1, 0.15) is 25.2 Å². The van der Waals surface area contributed by atoms with E-state index in [-0.39, 0.29) is 18.9 Å². The Kier molecular flexibility index (Phi) is 6.56. The Hall–Kier alpha value is -3.42. The molecule has 0 atom stereocenters. The summed E-state index contributed by atoms with van der Waals surface area (Å²) in [5.41, 5.74) is 1.70. The minimum absolute atomic E-state index is 0.106. The molecule has 0 aliphatic carbocycles. The van der Waals surface area contributed by atoms with Gasteiger partial charge in [-0.05, 0) is 66.2 Å². The molecule has 0 aliphatic heterocycles. The molecule has 0 unspecified atom stereocenters. The van der Waals surface area contributed by atoms with Gasteiger partial charge in [-0.25, -0.2) is 0 Å². The lowest BCUT2D eigenvalue weighted by Gasteiger charge is -2.08. The van der Waals surface area contributed by atoms with E-state index in [0.717, 1.165) is 22.7 Å². The maximum Gasteiger partial charge on any atom is 0.224 e. The number of carbonyl (C=O) groups is 1. The highest BCUT2D eigenvalue weighted by Crippen LogP contribution is 2.15. The van der Waals surface area contributed by atoms with Gasteiger partial charge in [0.05, 0.1) is 31.9 Å². The van der Waals surface area contributed by atoms with E-state index in [9.17, 15) is 4.79 Å². The van der Waals surface area contributed by atoms with Gasteiger partial charge in [0.25, 0.3) is 0 Å². The standard InChI is InChI=1S/C20H23N5O3/c1-3-27-17-9-5-15(6-10-17)13-20(26)21-14-19-22-23-24-25(19)16-7-11-18(12-8-16)28-4-2/h5-12H,3-4,13-14H2,1-2H3,(H,21,26). The van der Waals surface area contributed by atoms with Crippen molar-refractivity contribution in [2.24, 2.45) is 0 Å². The van der Waals surface area contributed by atoms with Gasteiger partial charge in [-0.15, -0.1) is 5.10 Å². The zero-order chi connectivity index (χ0) is 19.8. The number of ether oxygens (including phenoxy) is 2. The minimum Gasteiger partial charge on any atom is -0.494 e. The van der Waals surface area contributed by atoms with Gasteiger partial charge in [0, 0.05) is 0 Å². The van der Waals surface area contributed by atoms with Crippen LogP contribution >= 0.6 is 0 Å². The molecule has 0 bridgehead atoms. The van der Waals surface area contributed by atoms with Crippen molar-refractivity contribution in [3.63, 3.8) is 0 Å². The molecule has 8 nitrogen and oxygen atoms in total. The van der Waals surface area contributed by atoms with Gasteiger partial charge in [-0.1, -0.05) is 12.1 Å². The van der Waals surface area contributed by atoms with Crippen molar-refractivity contribution in [3.8, 4) is 17.2 Å². The van der Waals surface area contributed by atoms with Crippen LogP contribution in [0.3, 0.4) is 0 Å². The lowest BCUT2D eigenvalue weighted by atomic mass is 10.1. The minimum atomic E-state index is -0.106. The normalized spacial score (nSPS) is 10.5. The summed E-state index contributed by atoms with van der Waals surface area (Å²) in [6.45, 7) is 5.32. The number of aromatic nitrogens is 4. The van der Waals surface area contributed by atoms with Crippen LogP contribution in [0.5, 0.6) is 11.5 Å². The molecule has 146 valence electrons. The quantitative estimate of drug-likeness (QED) is 0.612. The van der Waals surface area contributed by atoms with Crippen molar-refractivity contribution in [1.29, 1.82) is 0 Å². The number of nitrogens with zero attached hydrogens (tertiary/aromatic N) is 4. The van der Waals surface area contributed by atoms with Gasteiger partial charge in [0.2, 0.25) is 5.91 Å². The molecule has 1 aromatic heterocycles. The summed E-state index contributed by atoms with van der Waals surface area (Å²) in [6, 6.07) is 14.9. The molecule has 0 fully saturated rings. The van der Waals surface area contributed by atoms with E-state index in [0.29, 0.717) is 19.0 Å². The molecule has 3 aromatic rings. The molecular formula is C20H23N5O3. The Labute approximate surface area is 163 Å². The fourth-order valence-electron chi connectivity index (χ4n) is 2.66. The maximum atomic E-state index is 12.2. The molecule has 0 saturated carbocycles. The van der Waals surface area contributed by atoms with E-state index < -0.39 is 0 Å². The molecule has 28 heavy (non-hydrogen) atoms. The lowest BCUT2D eigenvalue weighted by Crippen LogP contribution is -2.26. The van der Waals surface area contributed by atoms with Crippen LogP contribution in [0.2, 0.25) is 0 Å². The second-order valence-corrected chi connectivity index (χ2v) is 5.96. The number of rotatable bonds is 9. The highest BCUT2D eigenvalue weighted by atomic mass is 16.5. The smallest absolute Gasteiger partial charge is 0.224 e. The van der Waals surface area contributed by atoms with E-state index in [1.165, 1.54) is 0 Å². The summed E-state index contributed by atoms with van der Waals surface area (Å²) in [5, 5.41) is 14.6. The first-order valence-corrected chi connectivity index (χ1v) is 9.18. The van der Waals surface area contributed by atoms with Gasteiger partial charge < -0.3 is 14.8 Å². The lowest BCUT2D eigenvalue weighted by molar-refractivity contribution is -0.120. The van der Waals surface area contributed by atoms with Crippen LogP contribution in [0, 0.1) is 0 Å². The van der Waals surface area contributed by atoms with Crippen molar-refractivity contribution in [2.45, 2.75) is 26.8 Å². The number of carbonyl (C=O) groups excluding carboxylic acids is 1. The maximum absolute atomic E-state index is 12.2. The summed E-state index contributed by atoms with van der Waals surface area (Å²) in [4.78, 5) is 12.2. The third kappa shape index (κ3) is 5.06. The number of hydrogen-bond acceptors (Lipinski definition) is 6. The summed E-state index contributed by atoms with van der Waals surface area (Å²) < 4.78 is 12.4. The van der Waals surface area contributed by atoms with Crippen LogP contribution < -0.4 is 14.8 Å². The summed E-state index contributed by atoms with van der Waals surface area (Å²) >= 11 is 0. The first kappa shape index (κ1) is 19.3. The molecule has 0 saturated heterocycles. The first-order chi connectivity index (χ1) is 13.7. The van der Waals surface area contributed by atoms with Crippen LogP contribution in [0.25, 0.3) is 5.69 Å². The molecule has 1 heterocycles. The predicted molar refractivity (Wildman–Crippen MR) is 103 cm³/mol. The van der Waals surface area contributed by atoms with Crippen LogP contribution in [-0.2, 0) is 17.8 Å². The summed E-state index contributed by atoms with van der Waals surface area (Å²) in [5.74, 6) is 2.01. The molecule has 0 aliphatic rings. The molecule has 8 heteroatoms. The highest BCUT2D eigenvalue weighted by Gasteiger charge is 2.11. The predicted octanol–water partition coefficient (Wildman–Crippen LogP) is 2.32. The Morgan fingerprint density at radius 3 is 2.18 bits per heavy atom. The zero-order valence-corrected chi connectivity index (χ0v) is 16.0. The second-order valence-electron chi connectivity index (χ2n) is 5.96. The molecule has 0 radical (unpaired) electrons. The van der Waals surface area contributed by atoms with Crippen LogP contribution in [0.4, 0.5) is 0 Å². The second kappa shape index (κ2) is 9.50. The van der Waals surface area contributed by atoms with Crippen molar-refractivity contribution in [1.82, 2.24) is 25.5 Å². The number of nitrogens with one attached hydrogen (secondary N) is 1. The molecule has 0 spiro atoms. The van der Waals surface area contributed by atoms with Gasteiger partial charge in [-0.2, -0.15) is 4.68 Å². The van der Waals surface area contributed by atoms with E-state index in [4.69, 9.17) is 9.47 Å². The number of hydrogen-bond donors (Lipinski definition) is 1. The summed E-state index contributed by atoms with van der Waals surface area (Å²) in [7, 11) is 0. The number of tetrazole rings is 1. The Bertz CT molecular complexity index is 891. The first-order valence-electron chi connectivity index (χ1n) is 9.18. The Morgan fingerprint density at radius 1 is 0.964 bits per heavy atom. The van der Waals surface area contributed by atoms with Crippen LogP contribution in [-0.4, -0.2) is 39.3 Å². The SMILES string of the molecule is CCOc1ccc(CC(=O)NCc2nnnn2-c2ccc(OCC)cc2)cc1. The fourth-order valence-corrected chi connectivity index (χ4v) is 2.66. The third-order valence-electron chi connectivity index (χ3n) is 3.97. The largest absolute Gasteiger partial charge is 0.494 e. The van der Waals surface area contributed by atoms with Crippen molar-refractivity contribution in [3.05, 3.63) is 59.9 Å². The number of amides is 1. The van der Waals surface area contributed by atoms with E-state index in [1.807, 2.05) is 62.4 Å². The Morgan fingerprint density at radius 2 is 1.57 bits per heavy atom. The topological polar surface area (TPSA) is 91.2 Å². The average molecular weight is 381 g/mol. The molecule has 3 rings (SSSR count). The molecular weight excluding hydrogens is 358 g/mol. The Balaban J connectivity index is 1.57. The van der Waals surface area contributed by atoms with Gasteiger partial charge >= 0.3 is 0 Å². The van der Waals surface area contributed by atoms with E-state index in [2.05, 4.69) is 20.8 Å². The monoisotopic (exact) mass is 381 g/mol. The van der Waals surface area contributed by atoms with Gasteiger partial charge in [0.1, 0.15) is 11.5 Å². The fraction of sp³-hybridized carbons (Fsp3) is 0.300. The van der Waals surface area contributed by atoms with Crippen LogP contribution in [0.15, 0.2) is 48.5 Å². The highest BCUT2D eigenvalue weighted by molar-refractivity contribution is 5.78. The van der Waals surface area contributed by atoms with E-state index in [1.54, 1.807) is 4.68 Å². The molecule has 1 amide bonds. The molecule has 2 aromatic carbocycles. The average Bonchev–Trinajstić information content (AvgIpc) is 3.18. The van der Waals surface area contributed by atoms with Gasteiger partial charge in [-0.3, -0.25) is 4.79 Å². The van der Waals surface area contributed by atoms with Gasteiger partial charge in [0.15, 0.2) is 5.82 Å². The number of benzene rings is 2. The summed E-state index contributed by atoms with van der Waals surface area (Å²) in [6.07, 6.45) is 0.275. The van der Waals surface area contributed by atoms with Crippen molar-refractivity contribution >= 4 is 5.91 Å². The van der Waals surface area contributed by atoms with E-state index >= 15 is 0 Å². The van der Waals surface area contributed by atoms with Crippen molar-refractivity contribution < 1.29 is 14.3 Å². The molecule has 1 N–H and O–H groups in total.